The summed E-state index contributed by atoms with van der Waals surface area (Å²) in [6.07, 6.45) is 3.69. The Balaban J connectivity index is 1.15. The molecule has 0 atom stereocenters. The lowest BCUT2D eigenvalue weighted by Gasteiger charge is -2.17. The summed E-state index contributed by atoms with van der Waals surface area (Å²) < 4.78 is 0. The summed E-state index contributed by atoms with van der Waals surface area (Å²) in [4.78, 5) is 34.8. The first-order chi connectivity index (χ1) is 30.5. The van der Waals surface area contributed by atoms with Gasteiger partial charge in [0.15, 0.2) is 34.9 Å². The molecule has 0 amide bonds. The minimum atomic E-state index is 0.586. The molecule has 0 N–H and O–H groups in total. The van der Waals surface area contributed by atoms with Crippen LogP contribution in [0.2, 0.25) is 0 Å². The Labute approximate surface area is 360 Å². The van der Waals surface area contributed by atoms with Crippen LogP contribution in [-0.4, -0.2) is 34.9 Å². The topological polar surface area (TPSA) is 90.2 Å². The molecule has 7 aromatic carbocycles. The van der Waals surface area contributed by atoms with Crippen molar-refractivity contribution in [3.05, 3.63) is 212 Å². The van der Waals surface area contributed by atoms with Crippen molar-refractivity contribution < 1.29 is 0 Å². The minimum absolute atomic E-state index is 0.586. The summed E-state index contributed by atoms with van der Waals surface area (Å²) in [6, 6.07) is 64.1. The third-order valence-electron chi connectivity index (χ3n) is 10.9. The molecule has 7 nitrogen and oxygen atoms in total. The molecule has 0 aliphatic carbocycles. The molecular weight excluding hydrogens is 759 g/mol. The fourth-order valence-corrected chi connectivity index (χ4v) is 7.57. The van der Waals surface area contributed by atoms with Crippen LogP contribution in [0.5, 0.6) is 0 Å². The molecule has 10 rings (SSSR count). The standard InChI is InChI=1S/C55H39N7/c1-36-22-26-40(27-23-36)52-58-53(41-28-24-37(2)25-29-41)62-55(61-52)48-21-10-9-20-46(48)47-31-30-42(45-19-12-32-56-35-45)34-49(47)43-17-11-18-44(33-43)54-59-50(38-13-5-3-6-14-38)57-51(60-54)39-15-7-4-8-16-39/h3-35H,1-2H3. The number of pyridine rings is 1. The molecule has 3 aromatic heterocycles. The third kappa shape index (κ3) is 7.90. The molecular formula is C55H39N7. The predicted octanol–water partition coefficient (Wildman–Crippen LogP) is 13.1. The van der Waals surface area contributed by atoms with E-state index < -0.39 is 0 Å². The molecule has 0 saturated carbocycles. The smallest absolute Gasteiger partial charge is 0.164 e. The molecule has 62 heavy (non-hydrogen) atoms. The van der Waals surface area contributed by atoms with Crippen LogP contribution in [0.15, 0.2) is 200 Å². The van der Waals surface area contributed by atoms with E-state index in [2.05, 4.69) is 134 Å². The number of aryl methyl sites for hydroxylation is 2. The van der Waals surface area contributed by atoms with Gasteiger partial charge in [-0.3, -0.25) is 4.98 Å². The van der Waals surface area contributed by atoms with Crippen LogP contribution in [0, 0.1) is 13.8 Å². The van der Waals surface area contributed by atoms with E-state index in [1.807, 2.05) is 79.0 Å². The van der Waals surface area contributed by atoms with Crippen molar-refractivity contribution in [3.63, 3.8) is 0 Å². The lowest BCUT2D eigenvalue weighted by Crippen LogP contribution is -2.01. The van der Waals surface area contributed by atoms with Gasteiger partial charge in [0, 0.05) is 51.3 Å². The van der Waals surface area contributed by atoms with E-state index in [9.17, 15) is 0 Å². The summed E-state index contributed by atoms with van der Waals surface area (Å²) in [5.41, 5.74) is 13.9. The third-order valence-corrected chi connectivity index (χ3v) is 10.9. The molecule has 0 bridgehead atoms. The first-order valence-corrected chi connectivity index (χ1v) is 20.5. The maximum atomic E-state index is 5.17. The van der Waals surface area contributed by atoms with Crippen molar-refractivity contribution in [2.75, 3.05) is 0 Å². The highest BCUT2D eigenvalue weighted by Gasteiger charge is 2.20. The van der Waals surface area contributed by atoms with Crippen LogP contribution < -0.4 is 0 Å². The average molecular weight is 798 g/mol. The normalized spacial score (nSPS) is 11.1. The van der Waals surface area contributed by atoms with Gasteiger partial charge in [0.1, 0.15) is 0 Å². The fraction of sp³-hybridized carbons (Fsp3) is 0.0364. The molecule has 0 fully saturated rings. The van der Waals surface area contributed by atoms with Crippen molar-refractivity contribution in [2.24, 2.45) is 0 Å². The number of hydrogen-bond acceptors (Lipinski definition) is 7. The Morgan fingerprint density at radius 3 is 1.23 bits per heavy atom. The summed E-state index contributed by atoms with van der Waals surface area (Å²) >= 11 is 0. The van der Waals surface area contributed by atoms with Crippen LogP contribution >= 0.6 is 0 Å². The molecule has 0 aliphatic rings. The van der Waals surface area contributed by atoms with Gasteiger partial charge in [0.25, 0.3) is 0 Å². The average Bonchev–Trinajstić information content (AvgIpc) is 3.35. The maximum Gasteiger partial charge on any atom is 0.164 e. The molecule has 0 saturated heterocycles. The number of benzene rings is 7. The van der Waals surface area contributed by atoms with Crippen LogP contribution in [0.4, 0.5) is 0 Å². The van der Waals surface area contributed by atoms with Gasteiger partial charge >= 0.3 is 0 Å². The van der Waals surface area contributed by atoms with Gasteiger partial charge in [0.2, 0.25) is 0 Å². The number of aromatic nitrogens is 7. The lowest BCUT2D eigenvalue weighted by atomic mass is 9.88. The second-order valence-corrected chi connectivity index (χ2v) is 15.2. The summed E-state index contributed by atoms with van der Waals surface area (Å²) in [6.45, 7) is 4.16. The summed E-state index contributed by atoms with van der Waals surface area (Å²) in [7, 11) is 0. The van der Waals surface area contributed by atoms with Gasteiger partial charge in [-0.25, -0.2) is 29.9 Å². The largest absolute Gasteiger partial charge is 0.264 e. The fourth-order valence-electron chi connectivity index (χ4n) is 7.57. The second-order valence-electron chi connectivity index (χ2n) is 15.2. The number of rotatable bonds is 9. The molecule has 7 heteroatoms. The summed E-state index contributed by atoms with van der Waals surface area (Å²) in [5, 5.41) is 0. The van der Waals surface area contributed by atoms with Gasteiger partial charge < -0.3 is 0 Å². The van der Waals surface area contributed by atoms with Gasteiger partial charge in [-0.1, -0.05) is 181 Å². The highest BCUT2D eigenvalue weighted by Crippen LogP contribution is 2.41. The first-order valence-electron chi connectivity index (χ1n) is 20.5. The molecule has 3 heterocycles. The van der Waals surface area contributed by atoms with Crippen LogP contribution in [0.3, 0.4) is 0 Å². The highest BCUT2D eigenvalue weighted by atomic mass is 15.0. The zero-order valence-electron chi connectivity index (χ0n) is 34.2. The van der Waals surface area contributed by atoms with Crippen LogP contribution in [0.25, 0.3) is 102 Å². The van der Waals surface area contributed by atoms with Crippen molar-refractivity contribution in [3.8, 4) is 102 Å². The van der Waals surface area contributed by atoms with Gasteiger partial charge in [-0.2, -0.15) is 0 Å². The van der Waals surface area contributed by atoms with Crippen molar-refractivity contribution in [1.29, 1.82) is 0 Å². The predicted molar refractivity (Wildman–Crippen MR) is 249 cm³/mol. The van der Waals surface area contributed by atoms with Gasteiger partial charge in [0.05, 0.1) is 0 Å². The van der Waals surface area contributed by atoms with Gasteiger partial charge in [-0.05, 0) is 59.9 Å². The van der Waals surface area contributed by atoms with E-state index in [-0.39, 0.29) is 0 Å². The van der Waals surface area contributed by atoms with E-state index in [0.717, 1.165) is 66.8 Å². The van der Waals surface area contributed by atoms with E-state index in [4.69, 9.17) is 29.9 Å². The Bertz CT molecular complexity index is 3050. The Kier molecular flexibility index (Phi) is 10.3. The van der Waals surface area contributed by atoms with E-state index in [0.29, 0.717) is 34.9 Å². The molecule has 0 radical (unpaired) electrons. The maximum absolute atomic E-state index is 5.17. The van der Waals surface area contributed by atoms with Crippen LogP contribution in [-0.2, 0) is 0 Å². The van der Waals surface area contributed by atoms with E-state index in [1.165, 1.54) is 11.1 Å². The van der Waals surface area contributed by atoms with Crippen molar-refractivity contribution in [1.82, 2.24) is 34.9 Å². The van der Waals surface area contributed by atoms with E-state index >= 15 is 0 Å². The molecule has 0 spiro atoms. The molecule has 0 unspecified atom stereocenters. The molecule has 294 valence electrons. The highest BCUT2D eigenvalue weighted by molar-refractivity contribution is 5.93. The Hall–Kier alpha value is -8.29. The zero-order chi connectivity index (χ0) is 41.8. The number of nitrogens with zero attached hydrogens (tertiary/aromatic N) is 7. The van der Waals surface area contributed by atoms with Crippen molar-refractivity contribution in [2.45, 2.75) is 13.8 Å². The summed E-state index contributed by atoms with van der Waals surface area (Å²) in [5.74, 6) is 3.62. The van der Waals surface area contributed by atoms with Gasteiger partial charge in [-0.15, -0.1) is 0 Å². The Morgan fingerprint density at radius 1 is 0.258 bits per heavy atom. The SMILES string of the molecule is Cc1ccc(-c2nc(-c3ccc(C)cc3)nc(-c3ccccc3-c3ccc(-c4cccnc4)cc3-c3cccc(-c4nc(-c5ccccc5)nc(-c5ccccc5)n4)c3)n2)cc1. The quantitative estimate of drug-likeness (QED) is 0.144. The van der Waals surface area contributed by atoms with Crippen LogP contribution in [0.1, 0.15) is 11.1 Å². The van der Waals surface area contributed by atoms with E-state index in [1.54, 1.807) is 6.20 Å². The molecule has 10 aromatic rings. The minimum Gasteiger partial charge on any atom is -0.264 e. The number of hydrogen-bond donors (Lipinski definition) is 0. The lowest BCUT2D eigenvalue weighted by molar-refractivity contribution is 1.07. The van der Waals surface area contributed by atoms with Crippen molar-refractivity contribution >= 4 is 0 Å². The zero-order valence-corrected chi connectivity index (χ0v) is 34.2. The Morgan fingerprint density at radius 2 is 0.677 bits per heavy atom. The first kappa shape index (κ1) is 37.9. The molecule has 0 aliphatic heterocycles. The second kappa shape index (κ2) is 16.8. The monoisotopic (exact) mass is 797 g/mol.